The smallest absolute Gasteiger partial charge is 0.223 e. The summed E-state index contributed by atoms with van der Waals surface area (Å²) in [4.78, 5) is 14.4. The van der Waals surface area contributed by atoms with Crippen molar-refractivity contribution in [3.63, 3.8) is 0 Å². The van der Waals surface area contributed by atoms with Crippen molar-refractivity contribution in [2.45, 2.75) is 59.5 Å². The molecule has 4 nitrogen and oxygen atoms in total. The molecule has 1 aliphatic heterocycles. The average molecular weight is 304 g/mol. The Morgan fingerprint density at radius 2 is 2.00 bits per heavy atom. The van der Waals surface area contributed by atoms with Gasteiger partial charge in [0.25, 0.3) is 0 Å². The molecule has 2 unspecified atom stereocenters. The van der Waals surface area contributed by atoms with Crippen molar-refractivity contribution in [3.8, 4) is 5.75 Å². The monoisotopic (exact) mass is 304 g/mol. The van der Waals surface area contributed by atoms with Gasteiger partial charge >= 0.3 is 0 Å². The molecule has 1 saturated carbocycles. The van der Waals surface area contributed by atoms with Gasteiger partial charge < -0.3 is 9.67 Å². The van der Waals surface area contributed by atoms with E-state index in [1.54, 1.807) is 0 Å². The second kappa shape index (κ2) is 4.85. The predicted molar refractivity (Wildman–Crippen MR) is 88.0 cm³/mol. The molecule has 2 bridgehead atoms. The molecule has 4 heteroatoms. The number of nitrogens with zero attached hydrogens (tertiary/aromatic N) is 2. The third-order valence-corrected chi connectivity index (χ3v) is 5.66. The number of hydrogen-bond donors (Lipinski definition) is 1. The highest BCUT2D eigenvalue weighted by atomic mass is 16.3. The molecule has 1 aliphatic carbocycles. The molecular formula is C18H28N2O2. The number of likely N-dealkylation sites (tertiary alicyclic amines) is 1. The van der Waals surface area contributed by atoms with Crippen LogP contribution in [-0.2, 0) is 13.6 Å². The number of aryl methyl sites for hydroxylation is 1. The van der Waals surface area contributed by atoms with Crippen LogP contribution in [0.4, 0.5) is 0 Å². The molecule has 22 heavy (non-hydrogen) atoms. The van der Waals surface area contributed by atoms with Crippen molar-refractivity contribution >= 4 is 0 Å². The molecule has 1 aromatic heterocycles. The normalized spacial score (nSPS) is 30.7. The summed E-state index contributed by atoms with van der Waals surface area (Å²) in [7, 11) is 1.93. The summed E-state index contributed by atoms with van der Waals surface area (Å²) in [6.45, 7) is 10.7. The first-order chi connectivity index (χ1) is 10.1. The Kier molecular flexibility index (Phi) is 3.44. The van der Waals surface area contributed by atoms with Gasteiger partial charge in [-0.3, -0.25) is 9.69 Å². The zero-order valence-corrected chi connectivity index (χ0v) is 14.4. The highest BCUT2D eigenvalue weighted by Gasteiger charge is 2.49. The van der Waals surface area contributed by atoms with Crippen LogP contribution in [0, 0.1) is 17.8 Å². The summed E-state index contributed by atoms with van der Waals surface area (Å²) in [5.41, 5.74) is 2.13. The number of aromatic hydroxyl groups is 1. The fourth-order valence-corrected chi connectivity index (χ4v) is 5.00. The molecule has 0 spiro atoms. The molecule has 0 aromatic carbocycles. The minimum absolute atomic E-state index is 0.0843. The van der Waals surface area contributed by atoms with Gasteiger partial charge in [0.15, 0.2) is 5.75 Å². The standard InChI is InChI=1S/C18H28N2O2/c1-12-6-15(21)16(22)14(19(12)5)9-20-11-18(4)8-13(20)7-17(2,3)10-18/h6,13,22H,7-11H2,1-5H3. The first-order valence-electron chi connectivity index (χ1n) is 8.23. The molecule has 0 radical (unpaired) electrons. The number of aromatic nitrogens is 1. The van der Waals surface area contributed by atoms with E-state index in [1.165, 1.54) is 25.3 Å². The van der Waals surface area contributed by atoms with Crippen molar-refractivity contribution in [1.29, 1.82) is 0 Å². The van der Waals surface area contributed by atoms with E-state index < -0.39 is 0 Å². The van der Waals surface area contributed by atoms with Gasteiger partial charge in [-0.25, -0.2) is 0 Å². The molecule has 2 heterocycles. The Labute approximate surface area is 132 Å². The van der Waals surface area contributed by atoms with Crippen molar-refractivity contribution in [2.24, 2.45) is 17.9 Å². The average Bonchev–Trinajstić information content (AvgIpc) is 2.61. The van der Waals surface area contributed by atoms with E-state index in [4.69, 9.17) is 0 Å². The highest BCUT2D eigenvalue weighted by molar-refractivity contribution is 5.29. The van der Waals surface area contributed by atoms with Crippen LogP contribution in [0.2, 0.25) is 0 Å². The molecule has 3 rings (SSSR count). The van der Waals surface area contributed by atoms with E-state index in [-0.39, 0.29) is 11.2 Å². The fourth-order valence-electron chi connectivity index (χ4n) is 5.00. The highest BCUT2D eigenvalue weighted by Crippen LogP contribution is 2.52. The van der Waals surface area contributed by atoms with E-state index in [9.17, 15) is 9.90 Å². The van der Waals surface area contributed by atoms with E-state index in [0.717, 1.165) is 17.9 Å². The summed E-state index contributed by atoms with van der Waals surface area (Å²) in [5.74, 6) is -0.0843. The Balaban J connectivity index is 1.91. The van der Waals surface area contributed by atoms with Gasteiger partial charge in [0.2, 0.25) is 5.43 Å². The number of rotatable bonds is 2. The summed E-state index contributed by atoms with van der Waals surface area (Å²) < 4.78 is 1.95. The first kappa shape index (κ1) is 15.6. The maximum Gasteiger partial charge on any atom is 0.223 e. The molecular weight excluding hydrogens is 276 g/mol. The summed E-state index contributed by atoms with van der Waals surface area (Å²) in [6.07, 6.45) is 3.69. The van der Waals surface area contributed by atoms with Gasteiger partial charge in [0, 0.05) is 37.9 Å². The van der Waals surface area contributed by atoms with Gasteiger partial charge in [-0.05, 0) is 37.0 Å². The quantitative estimate of drug-likeness (QED) is 0.914. The summed E-state index contributed by atoms with van der Waals surface area (Å²) >= 11 is 0. The SMILES string of the molecule is Cc1cc(=O)c(O)c(CN2CC3(C)CC2CC(C)(C)C3)n1C. The lowest BCUT2D eigenvalue weighted by molar-refractivity contribution is 0.126. The lowest BCUT2D eigenvalue weighted by Crippen LogP contribution is -2.35. The fraction of sp³-hybridized carbons (Fsp3) is 0.722. The van der Waals surface area contributed by atoms with Crippen LogP contribution >= 0.6 is 0 Å². The lowest BCUT2D eigenvalue weighted by atomic mass is 9.65. The Bertz CT molecular complexity index is 662. The minimum atomic E-state index is -0.265. The lowest BCUT2D eigenvalue weighted by Gasteiger charge is -2.40. The molecule has 0 amide bonds. The summed E-state index contributed by atoms with van der Waals surface area (Å²) in [6, 6.07) is 2.06. The third kappa shape index (κ3) is 2.58. The van der Waals surface area contributed by atoms with Crippen LogP contribution in [0.1, 0.15) is 51.4 Å². The molecule has 1 saturated heterocycles. The van der Waals surface area contributed by atoms with Crippen LogP contribution in [-0.4, -0.2) is 27.2 Å². The molecule has 1 N–H and O–H groups in total. The van der Waals surface area contributed by atoms with Crippen molar-refractivity contribution in [1.82, 2.24) is 9.47 Å². The second-order valence-electron chi connectivity index (χ2n) is 8.62. The zero-order valence-electron chi connectivity index (χ0n) is 14.4. The van der Waals surface area contributed by atoms with Gasteiger partial charge in [-0.15, -0.1) is 0 Å². The molecule has 2 fully saturated rings. The Morgan fingerprint density at radius 3 is 2.68 bits per heavy atom. The zero-order chi connectivity index (χ0) is 16.3. The van der Waals surface area contributed by atoms with Crippen LogP contribution in [0.15, 0.2) is 10.9 Å². The van der Waals surface area contributed by atoms with Crippen LogP contribution in [0.3, 0.4) is 0 Å². The second-order valence-corrected chi connectivity index (χ2v) is 8.62. The van der Waals surface area contributed by atoms with Crippen molar-refractivity contribution < 1.29 is 5.11 Å². The van der Waals surface area contributed by atoms with E-state index in [2.05, 4.69) is 25.7 Å². The van der Waals surface area contributed by atoms with Gasteiger partial charge in [-0.2, -0.15) is 0 Å². The minimum Gasteiger partial charge on any atom is -0.503 e. The largest absolute Gasteiger partial charge is 0.503 e. The van der Waals surface area contributed by atoms with E-state index in [1.807, 2.05) is 18.5 Å². The van der Waals surface area contributed by atoms with Gasteiger partial charge in [-0.1, -0.05) is 20.8 Å². The van der Waals surface area contributed by atoms with E-state index in [0.29, 0.717) is 23.4 Å². The predicted octanol–water partition coefficient (Wildman–Crippen LogP) is 2.80. The van der Waals surface area contributed by atoms with E-state index >= 15 is 0 Å². The third-order valence-electron chi connectivity index (χ3n) is 5.66. The topological polar surface area (TPSA) is 45.5 Å². The maximum absolute atomic E-state index is 11.9. The number of pyridine rings is 1. The summed E-state index contributed by atoms with van der Waals surface area (Å²) in [5, 5.41) is 10.2. The van der Waals surface area contributed by atoms with Gasteiger partial charge in [0.1, 0.15) is 0 Å². The van der Waals surface area contributed by atoms with Crippen LogP contribution in [0.5, 0.6) is 5.75 Å². The molecule has 2 aliphatic rings. The molecule has 2 atom stereocenters. The van der Waals surface area contributed by atoms with Crippen LogP contribution < -0.4 is 5.43 Å². The molecule has 1 aromatic rings. The Hall–Kier alpha value is -1.29. The first-order valence-corrected chi connectivity index (χ1v) is 8.23. The van der Waals surface area contributed by atoms with Gasteiger partial charge in [0.05, 0.1) is 5.69 Å². The maximum atomic E-state index is 11.9. The van der Waals surface area contributed by atoms with Crippen molar-refractivity contribution in [3.05, 3.63) is 27.7 Å². The van der Waals surface area contributed by atoms with Crippen LogP contribution in [0.25, 0.3) is 0 Å². The molecule has 122 valence electrons. The number of fused-ring (bicyclic) bond motifs is 2. The van der Waals surface area contributed by atoms with Crippen molar-refractivity contribution in [2.75, 3.05) is 6.54 Å². The number of hydrogen-bond acceptors (Lipinski definition) is 3. The Morgan fingerprint density at radius 1 is 1.32 bits per heavy atom.